The number of hydrogen-bond donors (Lipinski definition) is 1. The van der Waals surface area contributed by atoms with E-state index in [1.807, 2.05) is 6.07 Å². The molecule has 0 unspecified atom stereocenters. The van der Waals surface area contributed by atoms with E-state index in [0.717, 1.165) is 50.2 Å². The highest BCUT2D eigenvalue weighted by atomic mass is 32.2. The number of hydrogen-bond acceptors (Lipinski definition) is 3. The molecule has 3 nitrogen and oxygen atoms in total. The molecule has 5 heteroatoms. The third-order valence-electron chi connectivity index (χ3n) is 4.93. The zero-order valence-corrected chi connectivity index (χ0v) is 14.9. The van der Waals surface area contributed by atoms with Crippen molar-refractivity contribution in [3.63, 3.8) is 0 Å². The number of fused-ring (bicyclic) bond motifs is 1. The monoisotopic (exact) mass is 362 g/mol. The molecule has 0 aliphatic heterocycles. The molecule has 1 aliphatic rings. The molecular formula is C20H23FO3S. The van der Waals surface area contributed by atoms with Crippen molar-refractivity contribution >= 4 is 9.84 Å². The molecule has 134 valence electrons. The first-order chi connectivity index (χ1) is 12.0. The number of benzene rings is 2. The predicted octanol–water partition coefficient (Wildman–Crippen LogP) is 4.24. The Balaban J connectivity index is 1.90. The van der Waals surface area contributed by atoms with E-state index in [-0.39, 0.29) is 16.4 Å². The molecule has 0 spiro atoms. The van der Waals surface area contributed by atoms with Crippen LogP contribution in [-0.4, -0.2) is 20.1 Å². The molecule has 2 aromatic carbocycles. The number of aryl methyl sites for hydroxylation is 1. The number of rotatable bonds is 6. The maximum atomic E-state index is 13.4. The number of halogens is 1. The molecule has 0 radical (unpaired) electrons. The lowest BCUT2D eigenvalue weighted by atomic mass is 9.80. The van der Waals surface area contributed by atoms with Crippen LogP contribution in [-0.2, 0) is 16.3 Å². The summed E-state index contributed by atoms with van der Waals surface area (Å²) in [6, 6.07) is 10.5. The maximum Gasteiger partial charge on any atom is 0.206 e. The minimum absolute atomic E-state index is 0.0113. The molecule has 0 bridgehead atoms. The molecule has 0 amide bonds. The summed E-state index contributed by atoms with van der Waals surface area (Å²) in [4.78, 5) is 0.218. The van der Waals surface area contributed by atoms with E-state index in [4.69, 9.17) is 5.11 Å². The van der Waals surface area contributed by atoms with Crippen LogP contribution in [0.4, 0.5) is 4.39 Å². The van der Waals surface area contributed by atoms with Gasteiger partial charge in [-0.1, -0.05) is 18.6 Å². The van der Waals surface area contributed by atoms with E-state index in [9.17, 15) is 12.8 Å². The van der Waals surface area contributed by atoms with Gasteiger partial charge in [0.15, 0.2) is 0 Å². The second-order valence-electron chi connectivity index (χ2n) is 6.63. The van der Waals surface area contributed by atoms with Gasteiger partial charge in [0.25, 0.3) is 0 Å². The van der Waals surface area contributed by atoms with Crippen molar-refractivity contribution in [3.8, 4) is 0 Å². The minimum Gasteiger partial charge on any atom is -0.396 e. The van der Waals surface area contributed by atoms with Gasteiger partial charge in [-0.2, -0.15) is 0 Å². The lowest BCUT2D eigenvalue weighted by Gasteiger charge is -2.26. The Kier molecular flexibility index (Phi) is 5.54. The smallest absolute Gasteiger partial charge is 0.206 e. The third kappa shape index (κ3) is 3.93. The van der Waals surface area contributed by atoms with Crippen molar-refractivity contribution in [1.29, 1.82) is 0 Å². The van der Waals surface area contributed by atoms with Gasteiger partial charge in [-0.25, -0.2) is 12.8 Å². The molecule has 3 rings (SSSR count). The molecule has 0 aromatic heterocycles. The SMILES string of the molecule is O=S(=O)(c1cccc(F)c1)c1ccc2c(c1)CCC[C@H]2CCCCO. The highest BCUT2D eigenvalue weighted by Gasteiger charge is 2.24. The van der Waals surface area contributed by atoms with Gasteiger partial charge in [0, 0.05) is 6.61 Å². The average molecular weight is 362 g/mol. The van der Waals surface area contributed by atoms with Crippen molar-refractivity contribution in [3.05, 3.63) is 59.4 Å². The van der Waals surface area contributed by atoms with Crippen molar-refractivity contribution in [2.45, 2.75) is 54.2 Å². The zero-order chi connectivity index (χ0) is 17.9. The number of aliphatic hydroxyl groups excluding tert-OH is 1. The molecule has 0 heterocycles. The summed E-state index contributed by atoms with van der Waals surface area (Å²) >= 11 is 0. The van der Waals surface area contributed by atoms with Gasteiger partial charge in [0.05, 0.1) is 9.79 Å². The van der Waals surface area contributed by atoms with Crippen molar-refractivity contribution < 1.29 is 17.9 Å². The van der Waals surface area contributed by atoms with Crippen molar-refractivity contribution in [2.75, 3.05) is 6.61 Å². The summed E-state index contributed by atoms with van der Waals surface area (Å²) in [6.07, 6.45) is 5.82. The molecule has 2 aromatic rings. The van der Waals surface area contributed by atoms with Gasteiger partial charge in [-0.3, -0.25) is 0 Å². The molecule has 0 saturated carbocycles. The average Bonchev–Trinajstić information content (AvgIpc) is 2.61. The van der Waals surface area contributed by atoms with Crippen LogP contribution in [0.5, 0.6) is 0 Å². The Hall–Kier alpha value is -1.72. The van der Waals surface area contributed by atoms with Gasteiger partial charge >= 0.3 is 0 Å². The topological polar surface area (TPSA) is 54.4 Å². The minimum atomic E-state index is -3.71. The van der Waals surface area contributed by atoms with Crippen LogP contribution in [0.25, 0.3) is 0 Å². The summed E-state index contributed by atoms with van der Waals surface area (Å²) < 4.78 is 38.9. The van der Waals surface area contributed by atoms with Gasteiger partial charge in [0.1, 0.15) is 5.82 Å². The van der Waals surface area contributed by atoms with Crippen LogP contribution in [0.2, 0.25) is 0 Å². The van der Waals surface area contributed by atoms with Crippen molar-refractivity contribution in [1.82, 2.24) is 0 Å². The molecule has 25 heavy (non-hydrogen) atoms. The van der Waals surface area contributed by atoms with E-state index in [1.165, 1.54) is 23.8 Å². The molecule has 1 N–H and O–H groups in total. The number of sulfone groups is 1. The number of aliphatic hydroxyl groups is 1. The summed E-state index contributed by atoms with van der Waals surface area (Å²) in [7, 11) is -3.71. The van der Waals surface area contributed by atoms with E-state index < -0.39 is 15.7 Å². The Labute approximate surface area is 148 Å². The Morgan fingerprint density at radius 2 is 1.88 bits per heavy atom. The summed E-state index contributed by atoms with van der Waals surface area (Å²) in [5.74, 6) is -0.121. The van der Waals surface area contributed by atoms with Crippen LogP contribution >= 0.6 is 0 Å². The van der Waals surface area contributed by atoms with Gasteiger partial charge in [-0.15, -0.1) is 0 Å². The number of unbranched alkanes of at least 4 members (excludes halogenated alkanes) is 1. The first-order valence-electron chi connectivity index (χ1n) is 8.76. The van der Waals surface area contributed by atoms with Gasteiger partial charge in [0.2, 0.25) is 9.84 Å². The third-order valence-corrected chi connectivity index (χ3v) is 6.68. The van der Waals surface area contributed by atoms with Crippen LogP contribution in [0, 0.1) is 5.82 Å². The fourth-order valence-corrected chi connectivity index (χ4v) is 4.97. The van der Waals surface area contributed by atoms with E-state index in [1.54, 1.807) is 12.1 Å². The molecule has 1 aliphatic carbocycles. The molecule has 1 atom stereocenters. The highest BCUT2D eigenvalue weighted by molar-refractivity contribution is 7.91. The lowest BCUT2D eigenvalue weighted by molar-refractivity contribution is 0.280. The quantitative estimate of drug-likeness (QED) is 0.782. The normalized spacial score (nSPS) is 17.3. The van der Waals surface area contributed by atoms with Crippen LogP contribution in [0.15, 0.2) is 52.3 Å². The summed E-state index contributed by atoms with van der Waals surface area (Å²) in [5, 5.41) is 8.95. The Morgan fingerprint density at radius 3 is 2.64 bits per heavy atom. The van der Waals surface area contributed by atoms with Crippen LogP contribution in [0.3, 0.4) is 0 Å². The molecule has 0 fully saturated rings. The lowest BCUT2D eigenvalue weighted by Crippen LogP contribution is -2.12. The second-order valence-corrected chi connectivity index (χ2v) is 8.58. The Morgan fingerprint density at radius 1 is 1.08 bits per heavy atom. The predicted molar refractivity (Wildman–Crippen MR) is 94.9 cm³/mol. The van der Waals surface area contributed by atoms with Gasteiger partial charge < -0.3 is 5.11 Å². The van der Waals surface area contributed by atoms with Crippen LogP contribution < -0.4 is 0 Å². The zero-order valence-electron chi connectivity index (χ0n) is 14.1. The standard InChI is InChI=1S/C20H23FO3S/c21-17-8-4-9-18(14-17)25(23,24)19-10-11-20-15(5-1-2-12-22)6-3-7-16(20)13-19/h4,8-11,13-15,22H,1-3,5-7,12H2/t15-/m1/s1. The first-order valence-corrected chi connectivity index (χ1v) is 10.2. The molecular weight excluding hydrogens is 339 g/mol. The van der Waals surface area contributed by atoms with E-state index in [0.29, 0.717) is 5.92 Å². The fraction of sp³-hybridized carbons (Fsp3) is 0.400. The van der Waals surface area contributed by atoms with Crippen molar-refractivity contribution in [2.24, 2.45) is 0 Å². The Bertz CT molecular complexity index is 846. The second kappa shape index (κ2) is 7.67. The summed E-state index contributed by atoms with van der Waals surface area (Å²) in [6.45, 7) is 0.213. The van der Waals surface area contributed by atoms with Crippen LogP contribution in [0.1, 0.15) is 49.1 Å². The highest BCUT2D eigenvalue weighted by Crippen LogP contribution is 2.37. The first kappa shape index (κ1) is 18.1. The largest absolute Gasteiger partial charge is 0.396 e. The maximum absolute atomic E-state index is 13.4. The van der Waals surface area contributed by atoms with Gasteiger partial charge in [-0.05, 0) is 79.5 Å². The van der Waals surface area contributed by atoms with E-state index >= 15 is 0 Å². The van der Waals surface area contributed by atoms with E-state index in [2.05, 4.69) is 0 Å². The fourth-order valence-electron chi connectivity index (χ4n) is 3.63. The molecule has 0 saturated heterocycles. The summed E-state index contributed by atoms with van der Waals surface area (Å²) in [5.41, 5.74) is 2.31.